The van der Waals surface area contributed by atoms with Gasteiger partial charge in [-0.25, -0.2) is 4.39 Å². The molecule has 0 heterocycles. The van der Waals surface area contributed by atoms with E-state index in [0.717, 1.165) is 37.8 Å². The van der Waals surface area contributed by atoms with Crippen LogP contribution in [0.2, 0.25) is 0 Å². The van der Waals surface area contributed by atoms with Crippen LogP contribution in [0.15, 0.2) is 18.2 Å². The third-order valence-electron chi connectivity index (χ3n) is 4.60. The van der Waals surface area contributed by atoms with Crippen LogP contribution in [0.5, 0.6) is 0 Å². The van der Waals surface area contributed by atoms with Crippen molar-refractivity contribution in [1.29, 1.82) is 0 Å². The number of nitrogens with one attached hydrogen (secondary N) is 1. The van der Waals surface area contributed by atoms with Gasteiger partial charge in [0.25, 0.3) is 5.91 Å². The fourth-order valence-electron chi connectivity index (χ4n) is 3.59. The monoisotopic (exact) mass is 301 g/mol. The fourth-order valence-corrected chi connectivity index (χ4v) is 3.59. The van der Waals surface area contributed by atoms with E-state index in [1.807, 2.05) is 0 Å². The van der Waals surface area contributed by atoms with Crippen molar-refractivity contribution in [1.82, 2.24) is 5.32 Å². The standard InChI is InChI=1S/C15H15F4NO/c16-13-10(2-1-3-11(13)15(17,18)19)14(21)20-12-7-8-4-5-9(12)6-8/h1-3,8-9,12H,4-7H2,(H,20,21). The average Bonchev–Trinajstić information content (AvgIpc) is 2.99. The molecule has 0 radical (unpaired) electrons. The molecule has 1 aromatic carbocycles. The molecule has 3 unspecified atom stereocenters. The highest BCUT2D eigenvalue weighted by molar-refractivity contribution is 5.95. The van der Waals surface area contributed by atoms with Crippen molar-refractivity contribution in [3.63, 3.8) is 0 Å². The van der Waals surface area contributed by atoms with E-state index < -0.39 is 29.0 Å². The third-order valence-corrected chi connectivity index (χ3v) is 4.60. The number of hydrogen-bond acceptors (Lipinski definition) is 1. The van der Waals surface area contributed by atoms with E-state index >= 15 is 0 Å². The van der Waals surface area contributed by atoms with Crippen molar-refractivity contribution in [2.75, 3.05) is 0 Å². The van der Waals surface area contributed by atoms with Crippen LogP contribution >= 0.6 is 0 Å². The highest BCUT2D eigenvalue weighted by Crippen LogP contribution is 2.44. The minimum Gasteiger partial charge on any atom is -0.349 e. The molecule has 0 spiro atoms. The fraction of sp³-hybridized carbons (Fsp3) is 0.533. The van der Waals surface area contributed by atoms with E-state index in [1.54, 1.807) is 0 Å². The molecule has 1 N–H and O–H groups in total. The topological polar surface area (TPSA) is 29.1 Å². The maximum Gasteiger partial charge on any atom is 0.419 e. The molecule has 6 heteroatoms. The van der Waals surface area contributed by atoms with Gasteiger partial charge in [0.05, 0.1) is 11.1 Å². The predicted octanol–water partition coefficient (Wildman–Crippen LogP) is 3.76. The summed E-state index contributed by atoms with van der Waals surface area (Å²) in [5.74, 6) is -1.28. The Morgan fingerprint density at radius 2 is 1.95 bits per heavy atom. The molecule has 2 saturated carbocycles. The van der Waals surface area contributed by atoms with Gasteiger partial charge in [-0.05, 0) is 43.2 Å². The van der Waals surface area contributed by atoms with Gasteiger partial charge in [-0.2, -0.15) is 13.2 Å². The highest BCUT2D eigenvalue weighted by atomic mass is 19.4. The molecule has 0 aliphatic heterocycles. The van der Waals surface area contributed by atoms with Crippen LogP contribution in [0.4, 0.5) is 17.6 Å². The van der Waals surface area contributed by atoms with Gasteiger partial charge in [-0.15, -0.1) is 0 Å². The van der Waals surface area contributed by atoms with Crippen LogP contribution in [0, 0.1) is 17.7 Å². The Morgan fingerprint density at radius 1 is 1.19 bits per heavy atom. The lowest BCUT2D eigenvalue weighted by atomic mass is 9.95. The lowest BCUT2D eigenvalue weighted by Crippen LogP contribution is -2.39. The van der Waals surface area contributed by atoms with Gasteiger partial charge in [0.2, 0.25) is 0 Å². The van der Waals surface area contributed by atoms with Crippen LogP contribution in [-0.4, -0.2) is 11.9 Å². The molecule has 0 aromatic heterocycles. The maximum atomic E-state index is 13.9. The van der Waals surface area contributed by atoms with E-state index in [9.17, 15) is 22.4 Å². The van der Waals surface area contributed by atoms with Crippen molar-refractivity contribution >= 4 is 5.91 Å². The normalized spacial score (nSPS) is 27.9. The lowest BCUT2D eigenvalue weighted by molar-refractivity contribution is -0.140. The molecule has 21 heavy (non-hydrogen) atoms. The summed E-state index contributed by atoms with van der Waals surface area (Å²) < 4.78 is 51.8. The van der Waals surface area contributed by atoms with Crippen molar-refractivity contribution in [3.8, 4) is 0 Å². The molecule has 1 aromatic rings. The number of amides is 1. The second-order valence-corrected chi connectivity index (χ2v) is 5.92. The zero-order valence-corrected chi connectivity index (χ0v) is 11.2. The van der Waals surface area contributed by atoms with Gasteiger partial charge in [0.1, 0.15) is 5.82 Å². The number of rotatable bonds is 2. The van der Waals surface area contributed by atoms with E-state index in [0.29, 0.717) is 17.9 Å². The summed E-state index contributed by atoms with van der Waals surface area (Å²) in [5, 5.41) is 2.70. The number of alkyl halides is 3. The first-order valence-corrected chi connectivity index (χ1v) is 7.03. The first-order chi connectivity index (χ1) is 9.86. The van der Waals surface area contributed by atoms with E-state index in [2.05, 4.69) is 5.32 Å². The molecule has 2 bridgehead atoms. The zero-order chi connectivity index (χ0) is 15.2. The van der Waals surface area contributed by atoms with Crippen LogP contribution in [0.3, 0.4) is 0 Å². The summed E-state index contributed by atoms with van der Waals surface area (Å²) in [5.41, 5.74) is -1.93. The molecule has 114 valence electrons. The number of benzene rings is 1. The average molecular weight is 301 g/mol. The quantitative estimate of drug-likeness (QED) is 0.828. The second kappa shape index (κ2) is 5.00. The van der Waals surface area contributed by atoms with Gasteiger partial charge >= 0.3 is 6.18 Å². The minimum atomic E-state index is -4.80. The molecular formula is C15H15F4NO. The lowest BCUT2D eigenvalue weighted by Gasteiger charge is -2.23. The molecule has 0 saturated heterocycles. The summed E-state index contributed by atoms with van der Waals surface area (Å²) in [6, 6.07) is 2.75. The summed E-state index contributed by atoms with van der Waals surface area (Å²) in [4.78, 5) is 12.1. The molecule has 3 rings (SSSR count). The van der Waals surface area contributed by atoms with Gasteiger partial charge in [-0.3, -0.25) is 4.79 Å². The second-order valence-electron chi connectivity index (χ2n) is 5.92. The van der Waals surface area contributed by atoms with E-state index in [1.165, 1.54) is 0 Å². The molecule has 2 fully saturated rings. The van der Waals surface area contributed by atoms with Gasteiger partial charge in [-0.1, -0.05) is 12.5 Å². The third kappa shape index (κ3) is 2.63. The van der Waals surface area contributed by atoms with Crippen molar-refractivity contribution in [3.05, 3.63) is 35.1 Å². The van der Waals surface area contributed by atoms with Crippen LogP contribution in [0.25, 0.3) is 0 Å². The Kier molecular flexibility index (Phi) is 3.42. The van der Waals surface area contributed by atoms with Gasteiger partial charge in [0, 0.05) is 6.04 Å². The molecule has 2 aliphatic rings. The summed E-state index contributed by atoms with van der Waals surface area (Å²) in [6.45, 7) is 0. The predicted molar refractivity (Wildman–Crippen MR) is 68.1 cm³/mol. The van der Waals surface area contributed by atoms with Crippen molar-refractivity contribution in [2.24, 2.45) is 11.8 Å². The number of hydrogen-bond donors (Lipinski definition) is 1. The Hall–Kier alpha value is -1.59. The smallest absolute Gasteiger partial charge is 0.349 e. The minimum absolute atomic E-state index is 0.0369. The first kappa shape index (κ1) is 14.4. The molecule has 3 atom stereocenters. The maximum absolute atomic E-state index is 13.9. The Balaban J connectivity index is 1.79. The van der Waals surface area contributed by atoms with Gasteiger partial charge < -0.3 is 5.32 Å². The Bertz CT molecular complexity index is 569. The van der Waals surface area contributed by atoms with E-state index in [-0.39, 0.29) is 6.04 Å². The summed E-state index contributed by atoms with van der Waals surface area (Å²) in [6.07, 6.45) is -0.727. The van der Waals surface area contributed by atoms with Crippen LogP contribution in [-0.2, 0) is 6.18 Å². The highest BCUT2D eigenvalue weighted by Gasteiger charge is 2.41. The number of halogens is 4. The zero-order valence-electron chi connectivity index (χ0n) is 11.2. The molecular weight excluding hydrogens is 286 g/mol. The van der Waals surface area contributed by atoms with Crippen molar-refractivity contribution < 1.29 is 22.4 Å². The van der Waals surface area contributed by atoms with Crippen LogP contribution in [0.1, 0.15) is 41.6 Å². The number of carbonyl (C=O) groups is 1. The van der Waals surface area contributed by atoms with E-state index in [4.69, 9.17) is 0 Å². The summed E-state index contributed by atoms with van der Waals surface area (Å²) in [7, 11) is 0. The largest absolute Gasteiger partial charge is 0.419 e. The van der Waals surface area contributed by atoms with Gasteiger partial charge in [0.15, 0.2) is 0 Å². The molecule has 1 amide bonds. The Labute approximate surface area is 119 Å². The first-order valence-electron chi connectivity index (χ1n) is 7.03. The molecule has 2 nitrogen and oxygen atoms in total. The Morgan fingerprint density at radius 3 is 2.52 bits per heavy atom. The summed E-state index contributed by atoms with van der Waals surface area (Å²) >= 11 is 0. The van der Waals surface area contributed by atoms with Crippen LogP contribution < -0.4 is 5.32 Å². The number of fused-ring (bicyclic) bond motifs is 2. The molecule has 2 aliphatic carbocycles. The van der Waals surface area contributed by atoms with Crippen molar-refractivity contribution in [2.45, 2.75) is 37.9 Å². The SMILES string of the molecule is O=C(NC1CC2CCC1C2)c1cccc(C(F)(F)F)c1F. The number of carbonyl (C=O) groups excluding carboxylic acids is 1.